The van der Waals surface area contributed by atoms with Crippen LogP contribution >= 0.6 is 0 Å². The van der Waals surface area contributed by atoms with E-state index < -0.39 is 28.4 Å². The molecular weight excluding hydrogens is 237 g/mol. The van der Waals surface area contributed by atoms with Crippen LogP contribution in [0.4, 0.5) is 4.39 Å². The first-order chi connectivity index (χ1) is 7.37. The summed E-state index contributed by atoms with van der Waals surface area (Å²) in [7, 11) is -3.44. The second-order valence-corrected chi connectivity index (χ2v) is 4.86. The van der Waals surface area contributed by atoms with Crippen molar-refractivity contribution in [3.63, 3.8) is 0 Å². The van der Waals surface area contributed by atoms with Gasteiger partial charge in [-0.2, -0.15) is 0 Å². The van der Waals surface area contributed by atoms with Gasteiger partial charge in [-0.15, -0.1) is 0 Å². The highest BCUT2D eigenvalue weighted by Gasteiger charge is 2.08. The van der Waals surface area contributed by atoms with Gasteiger partial charge in [0, 0.05) is 6.07 Å². The highest BCUT2D eigenvalue weighted by Crippen LogP contribution is 2.11. The van der Waals surface area contributed by atoms with Crippen molar-refractivity contribution in [3.8, 4) is 5.75 Å². The Labute approximate surface area is 92.3 Å². The van der Waals surface area contributed by atoms with Crippen molar-refractivity contribution in [2.75, 3.05) is 12.8 Å². The molecule has 7 heteroatoms. The standard InChI is InChI=1S/C9H10FNO4S/c1-16(13,14)11-6-9(12)15-8-4-2-3-7(10)5-8/h2-5,11H,6H2,1H3. The molecule has 1 aromatic carbocycles. The van der Waals surface area contributed by atoms with E-state index in [1.54, 1.807) is 0 Å². The summed E-state index contributed by atoms with van der Waals surface area (Å²) in [6.07, 6.45) is 0.919. The van der Waals surface area contributed by atoms with Crippen molar-refractivity contribution in [1.82, 2.24) is 4.72 Å². The Kier molecular flexibility index (Phi) is 3.97. The fraction of sp³-hybridized carbons (Fsp3) is 0.222. The molecule has 0 saturated carbocycles. The molecule has 0 spiro atoms. The van der Waals surface area contributed by atoms with Crippen LogP contribution in [0.3, 0.4) is 0 Å². The van der Waals surface area contributed by atoms with E-state index in [4.69, 9.17) is 0 Å². The molecule has 0 radical (unpaired) electrons. The molecule has 1 aromatic rings. The first-order valence-corrected chi connectivity index (χ1v) is 6.17. The van der Waals surface area contributed by atoms with Gasteiger partial charge in [0.05, 0.1) is 6.26 Å². The zero-order valence-corrected chi connectivity index (χ0v) is 9.25. The molecule has 0 atom stereocenters. The van der Waals surface area contributed by atoms with Crippen LogP contribution in [0, 0.1) is 5.82 Å². The average molecular weight is 247 g/mol. The van der Waals surface area contributed by atoms with Crippen LogP contribution in [-0.4, -0.2) is 27.2 Å². The fourth-order valence-corrected chi connectivity index (χ4v) is 1.27. The van der Waals surface area contributed by atoms with Gasteiger partial charge in [-0.3, -0.25) is 4.79 Å². The summed E-state index contributed by atoms with van der Waals surface area (Å²) < 4.78 is 40.7. The summed E-state index contributed by atoms with van der Waals surface area (Å²) in [4.78, 5) is 11.1. The molecule has 1 N–H and O–H groups in total. The van der Waals surface area contributed by atoms with E-state index in [1.807, 2.05) is 4.72 Å². The van der Waals surface area contributed by atoms with Crippen LogP contribution < -0.4 is 9.46 Å². The molecule has 1 rings (SSSR count). The Hall–Kier alpha value is -1.47. The maximum Gasteiger partial charge on any atom is 0.326 e. The second-order valence-electron chi connectivity index (χ2n) is 3.02. The van der Waals surface area contributed by atoms with Gasteiger partial charge in [-0.1, -0.05) is 6.07 Å². The Bertz CT molecular complexity index is 486. The Morgan fingerprint density at radius 2 is 2.19 bits per heavy atom. The minimum Gasteiger partial charge on any atom is -0.425 e. The summed E-state index contributed by atoms with van der Waals surface area (Å²) in [6, 6.07) is 4.99. The zero-order chi connectivity index (χ0) is 12.2. The van der Waals surface area contributed by atoms with Crippen molar-refractivity contribution in [2.24, 2.45) is 0 Å². The number of hydrogen-bond acceptors (Lipinski definition) is 4. The lowest BCUT2D eigenvalue weighted by Gasteiger charge is -2.04. The molecule has 0 aliphatic carbocycles. The summed E-state index contributed by atoms with van der Waals surface area (Å²) in [6.45, 7) is -0.491. The van der Waals surface area contributed by atoms with E-state index in [1.165, 1.54) is 18.2 Å². The van der Waals surface area contributed by atoms with Gasteiger partial charge in [-0.05, 0) is 12.1 Å². The van der Waals surface area contributed by atoms with Gasteiger partial charge in [0.25, 0.3) is 0 Å². The van der Waals surface area contributed by atoms with E-state index in [9.17, 15) is 17.6 Å². The van der Waals surface area contributed by atoms with E-state index in [2.05, 4.69) is 4.74 Å². The number of carbonyl (C=O) groups excluding carboxylic acids is 1. The van der Waals surface area contributed by atoms with E-state index in [0.29, 0.717) is 0 Å². The predicted octanol–water partition coefficient (Wildman–Crippen LogP) is 0.280. The molecule has 0 amide bonds. The number of carbonyl (C=O) groups is 1. The van der Waals surface area contributed by atoms with Crippen LogP contribution in [0.1, 0.15) is 0 Å². The molecule has 0 aliphatic heterocycles. The number of rotatable bonds is 4. The molecule has 0 bridgehead atoms. The number of nitrogens with one attached hydrogen (secondary N) is 1. The predicted molar refractivity (Wildman–Crippen MR) is 54.9 cm³/mol. The molecule has 0 heterocycles. The van der Waals surface area contributed by atoms with Crippen molar-refractivity contribution in [1.29, 1.82) is 0 Å². The second kappa shape index (κ2) is 5.04. The Morgan fingerprint density at radius 1 is 1.50 bits per heavy atom. The topological polar surface area (TPSA) is 72.5 Å². The molecule has 0 saturated heterocycles. The Morgan fingerprint density at radius 3 is 2.75 bits per heavy atom. The van der Waals surface area contributed by atoms with E-state index >= 15 is 0 Å². The number of sulfonamides is 1. The van der Waals surface area contributed by atoms with Crippen LogP contribution in [-0.2, 0) is 14.8 Å². The lowest BCUT2D eigenvalue weighted by Crippen LogP contribution is -2.30. The van der Waals surface area contributed by atoms with Gasteiger partial charge < -0.3 is 4.74 Å². The average Bonchev–Trinajstić information content (AvgIpc) is 2.14. The molecule has 16 heavy (non-hydrogen) atoms. The molecule has 88 valence electrons. The minimum atomic E-state index is -3.44. The van der Waals surface area contributed by atoms with Crippen molar-refractivity contribution < 1.29 is 22.3 Å². The third kappa shape index (κ3) is 4.85. The maximum atomic E-state index is 12.7. The van der Waals surface area contributed by atoms with Crippen LogP contribution in [0.2, 0.25) is 0 Å². The summed E-state index contributed by atoms with van der Waals surface area (Å²) >= 11 is 0. The van der Waals surface area contributed by atoms with Crippen molar-refractivity contribution in [3.05, 3.63) is 30.1 Å². The number of halogens is 1. The van der Waals surface area contributed by atoms with Crippen LogP contribution in [0.15, 0.2) is 24.3 Å². The lowest BCUT2D eigenvalue weighted by molar-refractivity contribution is -0.133. The highest BCUT2D eigenvalue weighted by atomic mass is 32.2. The molecule has 0 aromatic heterocycles. The van der Waals surface area contributed by atoms with Gasteiger partial charge in [0.1, 0.15) is 18.1 Å². The van der Waals surface area contributed by atoms with Crippen molar-refractivity contribution >= 4 is 16.0 Å². The van der Waals surface area contributed by atoms with Gasteiger partial charge in [-0.25, -0.2) is 17.5 Å². The summed E-state index contributed by atoms with van der Waals surface area (Å²) in [5, 5.41) is 0. The fourth-order valence-electron chi connectivity index (χ4n) is 0.888. The van der Waals surface area contributed by atoms with Gasteiger partial charge in [0.2, 0.25) is 10.0 Å². The Balaban J connectivity index is 2.52. The monoisotopic (exact) mass is 247 g/mol. The number of esters is 1. The van der Waals surface area contributed by atoms with E-state index in [0.717, 1.165) is 12.3 Å². The van der Waals surface area contributed by atoms with Crippen LogP contribution in [0.25, 0.3) is 0 Å². The smallest absolute Gasteiger partial charge is 0.326 e. The SMILES string of the molecule is CS(=O)(=O)NCC(=O)Oc1cccc(F)c1. The third-order valence-electron chi connectivity index (χ3n) is 1.51. The zero-order valence-electron chi connectivity index (χ0n) is 8.44. The van der Waals surface area contributed by atoms with E-state index in [-0.39, 0.29) is 5.75 Å². The third-order valence-corrected chi connectivity index (χ3v) is 2.18. The first kappa shape index (κ1) is 12.6. The quantitative estimate of drug-likeness (QED) is 0.612. The highest BCUT2D eigenvalue weighted by molar-refractivity contribution is 7.88. The van der Waals surface area contributed by atoms with Crippen molar-refractivity contribution in [2.45, 2.75) is 0 Å². The van der Waals surface area contributed by atoms with Gasteiger partial charge in [0.15, 0.2) is 0 Å². The maximum absolute atomic E-state index is 12.7. The normalized spacial score (nSPS) is 11.1. The molecule has 0 aliphatic rings. The largest absolute Gasteiger partial charge is 0.425 e. The lowest BCUT2D eigenvalue weighted by atomic mass is 10.3. The number of hydrogen-bond donors (Lipinski definition) is 1. The molecule has 0 unspecified atom stereocenters. The summed E-state index contributed by atoms with van der Waals surface area (Å²) in [5.41, 5.74) is 0. The first-order valence-electron chi connectivity index (χ1n) is 4.28. The summed E-state index contributed by atoms with van der Waals surface area (Å²) in [5.74, 6) is -1.32. The number of benzene rings is 1. The van der Waals surface area contributed by atoms with Gasteiger partial charge >= 0.3 is 5.97 Å². The molecule has 0 fully saturated rings. The number of ether oxygens (including phenoxy) is 1. The van der Waals surface area contributed by atoms with Crippen LogP contribution in [0.5, 0.6) is 5.75 Å². The molecular formula is C9H10FNO4S. The minimum absolute atomic E-state index is 0.0281. The molecule has 5 nitrogen and oxygen atoms in total.